The van der Waals surface area contributed by atoms with Gasteiger partial charge < -0.3 is 5.73 Å². The highest BCUT2D eigenvalue weighted by molar-refractivity contribution is 6.09. The summed E-state index contributed by atoms with van der Waals surface area (Å²) in [4.78, 5) is 33.1. The van der Waals surface area contributed by atoms with E-state index in [2.05, 4.69) is 0 Å². The number of rotatable bonds is 7. The summed E-state index contributed by atoms with van der Waals surface area (Å²) in [6, 6.07) is 27.1. The molecule has 0 atom stereocenters. The maximum absolute atomic E-state index is 14.0. The van der Waals surface area contributed by atoms with E-state index in [4.69, 9.17) is 10.7 Å². The Bertz CT molecular complexity index is 1190. The number of nitrogens with zero attached hydrogens (tertiary/aromatic N) is 2. The van der Waals surface area contributed by atoms with E-state index in [-0.39, 0.29) is 17.8 Å². The monoisotopic (exact) mass is 465 g/mol. The molecule has 2 N–H and O–H groups in total. The first-order valence-corrected chi connectivity index (χ1v) is 12.5. The summed E-state index contributed by atoms with van der Waals surface area (Å²) in [7, 11) is 0. The van der Waals surface area contributed by atoms with Crippen LogP contribution >= 0.6 is 0 Å². The molecule has 0 spiro atoms. The van der Waals surface area contributed by atoms with Crippen molar-refractivity contribution in [1.82, 2.24) is 4.90 Å². The number of benzene rings is 3. The highest BCUT2D eigenvalue weighted by atomic mass is 16.2. The number of carbonyl (C=O) groups excluding carboxylic acids is 2. The minimum Gasteiger partial charge on any atom is -0.369 e. The smallest absolute Gasteiger partial charge is 0.266 e. The molecule has 0 bridgehead atoms. The van der Waals surface area contributed by atoms with Crippen LogP contribution in [0.15, 0.2) is 89.9 Å². The quantitative estimate of drug-likeness (QED) is 0.535. The van der Waals surface area contributed by atoms with E-state index in [1.165, 1.54) is 6.42 Å². The standard InChI is InChI=1S/C30H31N3O2/c31-29-32-30(25-15-6-2-7-16-25,26-17-8-3-9-18-26)28(35)33(29)21-23-12-10-11-22(19-23)20-27(34)24-13-4-1-5-14-24/h2-3,6-12,15-19,24H,1,4-5,13-14,20-21H2,(H2,31,32). The Hall–Kier alpha value is -3.73. The van der Waals surface area contributed by atoms with Crippen molar-refractivity contribution in [3.8, 4) is 0 Å². The van der Waals surface area contributed by atoms with E-state index in [0.29, 0.717) is 18.7 Å². The molecule has 2 aliphatic rings. The number of guanidine groups is 1. The zero-order chi connectivity index (χ0) is 24.3. The maximum atomic E-state index is 14.0. The van der Waals surface area contributed by atoms with Gasteiger partial charge in [0.15, 0.2) is 11.5 Å². The number of amides is 1. The summed E-state index contributed by atoms with van der Waals surface area (Å²) >= 11 is 0. The van der Waals surface area contributed by atoms with Crippen LogP contribution in [0.25, 0.3) is 0 Å². The van der Waals surface area contributed by atoms with Crippen LogP contribution in [0, 0.1) is 5.92 Å². The van der Waals surface area contributed by atoms with Crippen molar-refractivity contribution in [2.45, 2.75) is 50.6 Å². The third-order valence-corrected chi connectivity index (χ3v) is 7.27. The number of aliphatic imine (C=N–C) groups is 1. The van der Waals surface area contributed by atoms with Crippen molar-refractivity contribution in [3.05, 3.63) is 107 Å². The SMILES string of the molecule is NC1=NC(c2ccccc2)(c2ccccc2)C(=O)N1Cc1cccc(CC(=O)C2CCCCC2)c1. The predicted octanol–water partition coefficient (Wildman–Crippen LogP) is 4.98. The maximum Gasteiger partial charge on any atom is 0.266 e. The number of Topliss-reactive ketones (excluding diaryl/α,β-unsaturated/α-hetero) is 1. The fraction of sp³-hybridized carbons (Fsp3) is 0.300. The fourth-order valence-corrected chi connectivity index (χ4v) is 5.42. The van der Waals surface area contributed by atoms with E-state index >= 15 is 0 Å². The lowest BCUT2D eigenvalue weighted by molar-refractivity contribution is -0.130. The van der Waals surface area contributed by atoms with Crippen molar-refractivity contribution in [2.24, 2.45) is 16.6 Å². The van der Waals surface area contributed by atoms with Crippen molar-refractivity contribution >= 4 is 17.6 Å². The molecule has 1 aliphatic carbocycles. The lowest BCUT2D eigenvalue weighted by Crippen LogP contribution is -2.43. The van der Waals surface area contributed by atoms with Crippen molar-refractivity contribution in [1.29, 1.82) is 0 Å². The molecule has 3 aromatic rings. The van der Waals surface area contributed by atoms with Crippen LogP contribution in [0.4, 0.5) is 0 Å². The third-order valence-electron chi connectivity index (χ3n) is 7.27. The summed E-state index contributed by atoms with van der Waals surface area (Å²) in [6.45, 7) is 0.307. The van der Waals surface area contributed by atoms with Crippen LogP contribution in [0.2, 0.25) is 0 Å². The summed E-state index contributed by atoms with van der Waals surface area (Å²) in [5, 5.41) is 0. The van der Waals surface area contributed by atoms with Crippen molar-refractivity contribution in [3.63, 3.8) is 0 Å². The number of nitrogens with two attached hydrogens (primary N) is 1. The van der Waals surface area contributed by atoms with Gasteiger partial charge in [-0.25, -0.2) is 4.99 Å². The molecule has 178 valence electrons. The lowest BCUT2D eigenvalue weighted by atomic mass is 9.83. The average molecular weight is 466 g/mol. The Morgan fingerprint density at radius 3 is 2.09 bits per heavy atom. The normalized spacial score (nSPS) is 17.9. The van der Waals surface area contributed by atoms with E-state index in [0.717, 1.165) is 47.9 Å². The predicted molar refractivity (Wildman–Crippen MR) is 138 cm³/mol. The molecule has 0 aromatic heterocycles. The number of hydrogen-bond donors (Lipinski definition) is 1. The summed E-state index contributed by atoms with van der Waals surface area (Å²) in [5.41, 5.74) is 8.67. The van der Waals surface area contributed by atoms with Gasteiger partial charge in [-0.3, -0.25) is 14.5 Å². The molecule has 1 saturated carbocycles. The van der Waals surface area contributed by atoms with Crippen LogP contribution in [-0.4, -0.2) is 22.5 Å². The second kappa shape index (κ2) is 9.87. The Kier molecular flexibility index (Phi) is 6.49. The molecule has 1 aliphatic heterocycles. The summed E-state index contributed by atoms with van der Waals surface area (Å²) in [5.74, 6) is 0.544. The highest BCUT2D eigenvalue weighted by Gasteiger charge is 2.50. The highest BCUT2D eigenvalue weighted by Crippen LogP contribution is 2.40. The van der Waals surface area contributed by atoms with Gasteiger partial charge in [0.25, 0.3) is 5.91 Å². The molecule has 5 rings (SSSR count). The molecule has 1 fully saturated rings. The Balaban J connectivity index is 1.40. The van der Waals surface area contributed by atoms with Crippen molar-refractivity contribution in [2.75, 3.05) is 0 Å². The molecule has 1 heterocycles. The number of carbonyl (C=O) groups is 2. The van der Waals surface area contributed by atoms with Gasteiger partial charge in [-0.1, -0.05) is 104 Å². The van der Waals surface area contributed by atoms with Gasteiger partial charge in [-0.15, -0.1) is 0 Å². The Morgan fingerprint density at radius 2 is 1.46 bits per heavy atom. The van der Waals surface area contributed by atoms with Gasteiger partial charge in [0.05, 0.1) is 6.54 Å². The average Bonchev–Trinajstić information content (AvgIpc) is 3.16. The molecule has 35 heavy (non-hydrogen) atoms. The first-order chi connectivity index (χ1) is 17.1. The first kappa shape index (κ1) is 23.0. The van der Waals surface area contributed by atoms with Crippen molar-refractivity contribution < 1.29 is 9.59 Å². The molecule has 0 radical (unpaired) electrons. The van der Waals surface area contributed by atoms with Gasteiger partial charge in [-0.05, 0) is 35.1 Å². The van der Waals surface area contributed by atoms with E-state index in [1.807, 2.05) is 84.9 Å². The van der Waals surface area contributed by atoms with Gasteiger partial charge in [-0.2, -0.15) is 0 Å². The summed E-state index contributed by atoms with van der Waals surface area (Å²) < 4.78 is 0. The van der Waals surface area contributed by atoms with E-state index in [9.17, 15) is 9.59 Å². The van der Waals surface area contributed by atoms with E-state index < -0.39 is 5.54 Å². The van der Waals surface area contributed by atoms with Crippen LogP contribution < -0.4 is 5.73 Å². The fourth-order valence-electron chi connectivity index (χ4n) is 5.42. The third kappa shape index (κ3) is 4.51. The minimum atomic E-state index is -1.21. The molecule has 0 unspecified atom stereocenters. The van der Waals surface area contributed by atoms with Crippen LogP contribution in [0.1, 0.15) is 54.4 Å². The zero-order valence-electron chi connectivity index (χ0n) is 19.9. The second-order valence-corrected chi connectivity index (χ2v) is 9.60. The molecule has 5 heteroatoms. The first-order valence-electron chi connectivity index (χ1n) is 12.5. The molecule has 0 saturated heterocycles. The molecular weight excluding hydrogens is 434 g/mol. The Morgan fingerprint density at radius 1 is 0.857 bits per heavy atom. The number of hydrogen-bond acceptors (Lipinski definition) is 4. The second-order valence-electron chi connectivity index (χ2n) is 9.60. The lowest BCUT2D eigenvalue weighted by Gasteiger charge is -2.27. The minimum absolute atomic E-state index is 0.170. The van der Waals surface area contributed by atoms with Crippen LogP contribution in [-0.2, 0) is 28.1 Å². The van der Waals surface area contributed by atoms with E-state index in [1.54, 1.807) is 4.90 Å². The van der Waals surface area contributed by atoms with Gasteiger partial charge >= 0.3 is 0 Å². The summed E-state index contributed by atoms with van der Waals surface area (Å²) in [6.07, 6.45) is 5.99. The number of ketones is 1. The molecular formula is C30H31N3O2. The van der Waals surface area contributed by atoms with Gasteiger partial charge in [0.1, 0.15) is 5.78 Å². The molecule has 1 amide bonds. The topological polar surface area (TPSA) is 75.8 Å². The largest absolute Gasteiger partial charge is 0.369 e. The van der Waals surface area contributed by atoms with Crippen LogP contribution in [0.3, 0.4) is 0 Å². The Labute approximate surface area is 206 Å². The molecule has 5 nitrogen and oxygen atoms in total. The van der Waals surface area contributed by atoms with Gasteiger partial charge in [0.2, 0.25) is 0 Å². The molecule has 3 aromatic carbocycles. The van der Waals surface area contributed by atoms with Crippen LogP contribution in [0.5, 0.6) is 0 Å². The van der Waals surface area contributed by atoms with Gasteiger partial charge in [0, 0.05) is 12.3 Å². The zero-order valence-corrected chi connectivity index (χ0v) is 19.9.